The topological polar surface area (TPSA) is 237 Å². The van der Waals surface area contributed by atoms with Gasteiger partial charge in [0.05, 0.1) is 26.4 Å². The van der Waals surface area contributed by atoms with Crippen molar-refractivity contribution >= 4 is 39.5 Å². The van der Waals surface area contributed by atoms with Crippen molar-refractivity contribution in [2.45, 2.75) is 226 Å². The molecule has 0 aliphatic heterocycles. The number of rotatable bonds is 46. The fourth-order valence-electron chi connectivity index (χ4n) is 6.27. The van der Waals surface area contributed by atoms with Crippen LogP contribution in [0.25, 0.3) is 0 Å². The number of esters is 4. The highest BCUT2D eigenvalue weighted by Gasteiger charge is 2.30. The molecule has 5 atom stereocenters. The number of aliphatic hydroxyl groups is 1. The zero-order valence-electron chi connectivity index (χ0n) is 39.7. The average molecular weight is 961 g/mol. The summed E-state index contributed by atoms with van der Waals surface area (Å²) in [6.45, 7) is 4.47. The second-order valence-electron chi connectivity index (χ2n) is 16.4. The second-order valence-corrected chi connectivity index (χ2v) is 19.3. The Hall–Kier alpha value is -1.94. The molecule has 0 aromatic carbocycles. The first-order valence-corrected chi connectivity index (χ1v) is 27.3. The molecule has 0 spiro atoms. The zero-order chi connectivity index (χ0) is 47.7. The van der Waals surface area contributed by atoms with Crippen molar-refractivity contribution in [3.63, 3.8) is 0 Å². The van der Waals surface area contributed by atoms with Crippen LogP contribution in [0.15, 0.2) is 0 Å². The fourth-order valence-corrected chi connectivity index (χ4v) is 7.85. The van der Waals surface area contributed by atoms with E-state index in [-0.39, 0.29) is 25.7 Å². The molecule has 0 aromatic rings. The third-order valence-corrected chi connectivity index (χ3v) is 12.0. The third-order valence-electron chi connectivity index (χ3n) is 10.1. The van der Waals surface area contributed by atoms with Crippen LogP contribution in [-0.2, 0) is 65.4 Å². The fraction of sp³-hybridized carbons (Fsp3) is 0.911. The van der Waals surface area contributed by atoms with E-state index in [1.807, 2.05) is 0 Å². The van der Waals surface area contributed by atoms with E-state index >= 15 is 0 Å². The standard InChI is InChI=1S/C45H86O17P2/c1-5-9-13-17-19-23-26-30-43(48)56-36-41(62-45(50)32-28-24-20-18-14-10-6-2)38-60-64(53,54)58-34-39(46)33-57-63(51,52)59-37-40(61-44(49)31-27-22-16-12-8-4)35-55-42(47)29-25-21-15-11-7-3/h39-41,46H,5-38H2,1-4H3,(H,51,52)(H,53,54)/t39-,40+,41+/m0/s1. The van der Waals surface area contributed by atoms with E-state index in [9.17, 15) is 43.2 Å². The molecule has 0 heterocycles. The van der Waals surface area contributed by atoms with Crippen LogP contribution in [0.5, 0.6) is 0 Å². The second kappa shape index (κ2) is 41.3. The summed E-state index contributed by atoms with van der Waals surface area (Å²) in [5, 5.41) is 10.3. The molecule has 0 saturated heterocycles. The van der Waals surface area contributed by atoms with Crippen molar-refractivity contribution in [3.05, 3.63) is 0 Å². The van der Waals surface area contributed by atoms with Gasteiger partial charge in [-0.25, -0.2) is 9.13 Å². The summed E-state index contributed by atoms with van der Waals surface area (Å²) in [5.74, 6) is -2.19. The first-order chi connectivity index (χ1) is 30.7. The van der Waals surface area contributed by atoms with Gasteiger partial charge in [-0.1, -0.05) is 156 Å². The molecule has 0 bridgehead atoms. The van der Waals surface area contributed by atoms with Gasteiger partial charge in [-0.05, 0) is 25.7 Å². The van der Waals surface area contributed by atoms with Crippen molar-refractivity contribution < 1.29 is 80.2 Å². The molecule has 0 aliphatic rings. The van der Waals surface area contributed by atoms with Crippen molar-refractivity contribution in [2.75, 3.05) is 39.6 Å². The van der Waals surface area contributed by atoms with Crippen LogP contribution in [-0.4, -0.2) is 96.7 Å². The lowest BCUT2D eigenvalue weighted by Gasteiger charge is -2.21. The van der Waals surface area contributed by atoms with Gasteiger partial charge in [0.25, 0.3) is 0 Å². The number of unbranched alkanes of at least 4 members (excludes halogenated alkanes) is 20. The number of aliphatic hydroxyl groups excluding tert-OH is 1. The van der Waals surface area contributed by atoms with E-state index in [0.29, 0.717) is 25.7 Å². The van der Waals surface area contributed by atoms with Crippen LogP contribution in [0, 0.1) is 0 Å². The predicted molar refractivity (Wildman–Crippen MR) is 243 cm³/mol. The molecule has 378 valence electrons. The molecule has 0 rings (SSSR count). The Labute approximate surface area is 384 Å². The van der Waals surface area contributed by atoms with Crippen molar-refractivity contribution in [1.82, 2.24) is 0 Å². The van der Waals surface area contributed by atoms with Crippen LogP contribution in [0.1, 0.15) is 207 Å². The van der Waals surface area contributed by atoms with E-state index in [4.69, 9.17) is 37.0 Å². The summed E-state index contributed by atoms with van der Waals surface area (Å²) in [4.78, 5) is 70.5. The zero-order valence-corrected chi connectivity index (χ0v) is 41.5. The van der Waals surface area contributed by atoms with E-state index in [2.05, 4.69) is 27.7 Å². The molecule has 0 fully saturated rings. The van der Waals surface area contributed by atoms with Crippen LogP contribution in [0.2, 0.25) is 0 Å². The highest BCUT2D eigenvalue weighted by molar-refractivity contribution is 7.47. The minimum Gasteiger partial charge on any atom is -0.462 e. The van der Waals surface area contributed by atoms with E-state index in [1.54, 1.807) is 0 Å². The van der Waals surface area contributed by atoms with Crippen LogP contribution in [0.4, 0.5) is 0 Å². The third kappa shape index (κ3) is 40.3. The first-order valence-electron chi connectivity index (χ1n) is 24.3. The quantitative estimate of drug-likeness (QED) is 0.0222. The Kier molecular flexibility index (Phi) is 40.0. The summed E-state index contributed by atoms with van der Waals surface area (Å²) in [7, 11) is -9.82. The summed E-state index contributed by atoms with van der Waals surface area (Å²) in [6, 6.07) is 0. The molecular weight excluding hydrogens is 874 g/mol. The molecule has 19 heteroatoms. The predicted octanol–water partition coefficient (Wildman–Crippen LogP) is 10.5. The minimum absolute atomic E-state index is 0.0986. The smallest absolute Gasteiger partial charge is 0.462 e. The highest BCUT2D eigenvalue weighted by Crippen LogP contribution is 2.45. The summed E-state index contributed by atoms with van der Waals surface area (Å²) >= 11 is 0. The minimum atomic E-state index is -4.91. The number of hydrogen-bond acceptors (Lipinski definition) is 15. The lowest BCUT2D eigenvalue weighted by Crippen LogP contribution is -2.30. The molecule has 2 unspecified atom stereocenters. The van der Waals surface area contributed by atoms with Gasteiger partial charge in [0, 0.05) is 25.7 Å². The monoisotopic (exact) mass is 961 g/mol. The summed E-state index contributed by atoms with van der Waals surface area (Å²) < 4.78 is 66.5. The molecule has 0 aliphatic carbocycles. The lowest BCUT2D eigenvalue weighted by atomic mass is 10.1. The van der Waals surface area contributed by atoms with Gasteiger partial charge < -0.3 is 33.8 Å². The number of carbonyl (C=O) groups is 4. The van der Waals surface area contributed by atoms with E-state index in [0.717, 1.165) is 122 Å². The normalized spacial score (nSPS) is 14.8. The van der Waals surface area contributed by atoms with Crippen molar-refractivity contribution in [3.8, 4) is 0 Å². The van der Waals surface area contributed by atoms with Crippen LogP contribution >= 0.6 is 15.6 Å². The Morgan fingerprint density at radius 3 is 0.922 bits per heavy atom. The maximum atomic E-state index is 12.7. The Bertz CT molecular complexity index is 1290. The number of carbonyl (C=O) groups excluding carboxylic acids is 4. The van der Waals surface area contributed by atoms with E-state index < -0.39 is 97.5 Å². The molecule has 0 radical (unpaired) electrons. The van der Waals surface area contributed by atoms with Crippen LogP contribution in [0.3, 0.4) is 0 Å². The van der Waals surface area contributed by atoms with Gasteiger partial charge in [-0.15, -0.1) is 0 Å². The average Bonchev–Trinajstić information content (AvgIpc) is 3.26. The largest absolute Gasteiger partial charge is 0.472 e. The molecule has 0 aromatic heterocycles. The number of ether oxygens (including phenoxy) is 4. The molecule has 0 amide bonds. The maximum absolute atomic E-state index is 12.7. The van der Waals surface area contributed by atoms with Gasteiger partial charge in [-0.2, -0.15) is 0 Å². The Morgan fingerprint density at radius 2 is 0.625 bits per heavy atom. The number of phosphoric ester groups is 2. The Balaban J connectivity index is 5.13. The summed E-state index contributed by atoms with van der Waals surface area (Å²) in [5.41, 5.74) is 0. The highest BCUT2D eigenvalue weighted by atomic mass is 31.2. The molecule has 17 nitrogen and oxygen atoms in total. The number of phosphoric acid groups is 2. The lowest BCUT2D eigenvalue weighted by molar-refractivity contribution is -0.161. The van der Waals surface area contributed by atoms with Gasteiger partial charge in [0.1, 0.15) is 19.3 Å². The van der Waals surface area contributed by atoms with Gasteiger partial charge in [-0.3, -0.25) is 37.3 Å². The maximum Gasteiger partial charge on any atom is 0.472 e. The molecule has 0 saturated carbocycles. The SMILES string of the molecule is CCCCCCCCCC(=O)OC[C@H](COP(=O)(O)OC[C@@H](O)COP(=O)(O)OC[C@@H](COC(=O)CCCCCCC)OC(=O)CCCCCCC)OC(=O)CCCCCCCCC. The first kappa shape index (κ1) is 62.1. The molecule has 64 heavy (non-hydrogen) atoms. The molecular formula is C45H86O17P2. The van der Waals surface area contributed by atoms with Gasteiger partial charge >= 0.3 is 39.5 Å². The van der Waals surface area contributed by atoms with Gasteiger partial charge in [0.15, 0.2) is 12.2 Å². The van der Waals surface area contributed by atoms with Gasteiger partial charge in [0.2, 0.25) is 0 Å². The Morgan fingerprint density at radius 1 is 0.375 bits per heavy atom. The molecule has 3 N–H and O–H groups in total. The summed E-state index contributed by atoms with van der Waals surface area (Å²) in [6.07, 6.45) is 19.4. The van der Waals surface area contributed by atoms with Crippen molar-refractivity contribution in [1.29, 1.82) is 0 Å². The number of hydrogen-bond donors (Lipinski definition) is 3. The van der Waals surface area contributed by atoms with E-state index in [1.165, 1.54) is 6.42 Å². The van der Waals surface area contributed by atoms with Crippen LogP contribution < -0.4 is 0 Å². The van der Waals surface area contributed by atoms with Crippen molar-refractivity contribution in [2.24, 2.45) is 0 Å².